The maximum absolute atomic E-state index is 12.8. The lowest BCUT2D eigenvalue weighted by atomic mass is 10.2. The first-order chi connectivity index (χ1) is 11.4. The average Bonchev–Trinajstić information content (AvgIpc) is 2.55. The second kappa shape index (κ2) is 6.32. The van der Waals surface area contributed by atoms with Gasteiger partial charge in [0.2, 0.25) is 0 Å². The summed E-state index contributed by atoms with van der Waals surface area (Å²) < 4.78 is 28.4. The number of carbonyl (C=O) groups is 1. The molecule has 3 rings (SSSR count). The van der Waals surface area contributed by atoms with Crippen LogP contribution in [0.5, 0.6) is 0 Å². The lowest BCUT2D eigenvalue weighted by Crippen LogP contribution is -2.17. The van der Waals surface area contributed by atoms with Gasteiger partial charge in [0.05, 0.1) is 16.8 Å². The number of para-hydroxylation sites is 2. The van der Waals surface area contributed by atoms with E-state index in [-0.39, 0.29) is 21.7 Å². The number of halogens is 1. The Morgan fingerprint density at radius 2 is 1.79 bits per heavy atom. The second-order valence-corrected chi connectivity index (χ2v) is 7.57. The van der Waals surface area contributed by atoms with Crippen molar-refractivity contribution in [2.45, 2.75) is 4.90 Å². The highest BCUT2D eigenvalue weighted by atomic mass is 127. The van der Waals surface area contributed by atoms with Gasteiger partial charge in [0, 0.05) is 16.0 Å². The van der Waals surface area contributed by atoms with Gasteiger partial charge in [0.15, 0.2) is 0 Å². The maximum Gasteiger partial charge on any atom is 0.337 e. The molecule has 0 spiro atoms. The molecule has 0 aliphatic rings. The highest BCUT2D eigenvalue weighted by Gasteiger charge is 2.23. The van der Waals surface area contributed by atoms with Crippen LogP contribution in [0.15, 0.2) is 53.7 Å². The third-order valence-corrected chi connectivity index (χ3v) is 5.51. The monoisotopic (exact) mass is 455 g/mol. The van der Waals surface area contributed by atoms with Crippen LogP contribution in [0.3, 0.4) is 0 Å². The molecule has 0 fully saturated rings. The van der Waals surface area contributed by atoms with Crippen LogP contribution in [0.2, 0.25) is 0 Å². The fourth-order valence-electron chi connectivity index (χ4n) is 2.18. The summed E-state index contributed by atoms with van der Waals surface area (Å²) in [7, 11) is -4.04. The minimum atomic E-state index is -4.04. The van der Waals surface area contributed by atoms with Crippen LogP contribution in [0.1, 0.15) is 10.4 Å². The predicted octanol–water partition coefficient (Wildman–Crippen LogP) is 2.73. The molecule has 2 N–H and O–H groups in total. The molecule has 24 heavy (non-hydrogen) atoms. The molecule has 1 heterocycles. The summed E-state index contributed by atoms with van der Waals surface area (Å²) in [6.45, 7) is 0. The lowest BCUT2D eigenvalue weighted by Gasteiger charge is -2.13. The van der Waals surface area contributed by atoms with Gasteiger partial charge in [0.25, 0.3) is 10.0 Å². The number of nitrogens with one attached hydrogen (secondary N) is 1. The highest BCUT2D eigenvalue weighted by Crippen LogP contribution is 2.28. The van der Waals surface area contributed by atoms with E-state index in [1.165, 1.54) is 24.5 Å². The van der Waals surface area contributed by atoms with Gasteiger partial charge in [-0.1, -0.05) is 12.1 Å². The maximum atomic E-state index is 12.8. The van der Waals surface area contributed by atoms with E-state index in [1.54, 1.807) is 24.3 Å². The second-order valence-electron chi connectivity index (χ2n) is 4.75. The lowest BCUT2D eigenvalue weighted by molar-refractivity contribution is 0.0698. The molecule has 0 saturated heterocycles. The molecule has 0 amide bonds. The number of aromatic carboxylic acids is 1. The van der Waals surface area contributed by atoms with E-state index >= 15 is 0 Å². The topological polar surface area (TPSA) is 109 Å². The first-order valence-corrected chi connectivity index (χ1v) is 9.21. The largest absolute Gasteiger partial charge is 0.478 e. The minimum absolute atomic E-state index is 0.0199. The molecule has 2 aromatic carbocycles. The number of carboxylic acid groups (broad SMARTS) is 1. The van der Waals surface area contributed by atoms with E-state index < -0.39 is 16.0 Å². The predicted molar refractivity (Wildman–Crippen MR) is 96.5 cm³/mol. The van der Waals surface area contributed by atoms with Crippen molar-refractivity contribution in [1.29, 1.82) is 0 Å². The Hall–Kier alpha value is -2.27. The molecule has 0 saturated carbocycles. The molecule has 0 aliphatic heterocycles. The van der Waals surface area contributed by atoms with Crippen molar-refractivity contribution < 1.29 is 18.3 Å². The third-order valence-electron chi connectivity index (χ3n) is 3.23. The van der Waals surface area contributed by atoms with Crippen LogP contribution >= 0.6 is 22.6 Å². The van der Waals surface area contributed by atoms with Gasteiger partial charge in [-0.2, -0.15) is 0 Å². The first kappa shape index (κ1) is 16.6. The van der Waals surface area contributed by atoms with Crippen LogP contribution in [0, 0.1) is 3.57 Å². The number of hydrogen-bond acceptors (Lipinski definition) is 5. The van der Waals surface area contributed by atoms with Crippen LogP contribution < -0.4 is 4.72 Å². The Kier molecular flexibility index (Phi) is 4.37. The van der Waals surface area contributed by atoms with E-state index in [9.17, 15) is 18.3 Å². The average molecular weight is 455 g/mol. The highest BCUT2D eigenvalue weighted by molar-refractivity contribution is 14.1. The van der Waals surface area contributed by atoms with Crippen molar-refractivity contribution in [2.75, 3.05) is 4.72 Å². The van der Waals surface area contributed by atoms with Gasteiger partial charge in [-0.25, -0.2) is 13.2 Å². The van der Waals surface area contributed by atoms with Crippen LogP contribution in [0.4, 0.5) is 5.69 Å². The van der Waals surface area contributed by atoms with Crippen molar-refractivity contribution in [1.82, 2.24) is 9.97 Å². The molecule has 0 unspecified atom stereocenters. The van der Waals surface area contributed by atoms with E-state index in [2.05, 4.69) is 14.7 Å². The Labute approximate surface area is 151 Å². The number of carboxylic acids is 1. The number of benzene rings is 2. The molecular formula is C15H10IN3O4S. The molecule has 0 aliphatic carbocycles. The zero-order valence-corrected chi connectivity index (χ0v) is 14.9. The fraction of sp³-hybridized carbons (Fsp3) is 0. The Morgan fingerprint density at radius 3 is 2.54 bits per heavy atom. The zero-order chi connectivity index (χ0) is 17.3. The molecular weight excluding hydrogens is 445 g/mol. The Balaban J connectivity index is 2.15. The molecule has 9 heteroatoms. The molecule has 0 bridgehead atoms. The number of hydrogen-bond donors (Lipinski definition) is 2. The number of anilines is 1. The number of fused-ring (bicyclic) bond motifs is 1. The van der Waals surface area contributed by atoms with Crippen molar-refractivity contribution in [2.24, 2.45) is 0 Å². The van der Waals surface area contributed by atoms with E-state index in [0.717, 1.165) is 0 Å². The van der Waals surface area contributed by atoms with Crippen LogP contribution in [-0.2, 0) is 10.0 Å². The minimum Gasteiger partial charge on any atom is -0.478 e. The molecule has 0 radical (unpaired) electrons. The fourth-order valence-corrected chi connectivity index (χ4v) is 4.26. The van der Waals surface area contributed by atoms with Gasteiger partial charge in [-0.3, -0.25) is 14.7 Å². The normalized spacial score (nSPS) is 11.4. The quantitative estimate of drug-likeness (QED) is 0.586. The number of sulfonamides is 1. The van der Waals surface area contributed by atoms with Crippen LogP contribution in [0.25, 0.3) is 11.0 Å². The molecule has 7 nitrogen and oxygen atoms in total. The molecule has 3 aromatic rings. The van der Waals surface area contributed by atoms with Crippen LogP contribution in [-0.4, -0.2) is 29.5 Å². The zero-order valence-electron chi connectivity index (χ0n) is 12.0. The van der Waals surface area contributed by atoms with E-state index in [0.29, 0.717) is 9.09 Å². The van der Waals surface area contributed by atoms with Gasteiger partial charge >= 0.3 is 5.97 Å². The summed E-state index contributed by atoms with van der Waals surface area (Å²) in [6.07, 6.45) is 2.87. The van der Waals surface area contributed by atoms with Crippen molar-refractivity contribution >= 4 is 55.3 Å². The number of nitrogens with zero attached hydrogens (tertiary/aromatic N) is 2. The molecule has 0 atom stereocenters. The van der Waals surface area contributed by atoms with Gasteiger partial charge in [-0.05, 0) is 46.9 Å². The van der Waals surface area contributed by atoms with Gasteiger partial charge in [-0.15, -0.1) is 0 Å². The van der Waals surface area contributed by atoms with E-state index in [1.807, 2.05) is 22.6 Å². The van der Waals surface area contributed by atoms with Crippen molar-refractivity contribution in [3.63, 3.8) is 0 Å². The van der Waals surface area contributed by atoms with Crippen molar-refractivity contribution in [3.8, 4) is 0 Å². The molecule has 1 aromatic heterocycles. The summed E-state index contributed by atoms with van der Waals surface area (Å²) >= 11 is 1.88. The summed E-state index contributed by atoms with van der Waals surface area (Å²) in [5.74, 6) is -1.22. The molecule has 122 valence electrons. The number of rotatable bonds is 4. The smallest absolute Gasteiger partial charge is 0.337 e. The first-order valence-electron chi connectivity index (χ1n) is 6.64. The van der Waals surface area contributed by atoms with Gasteiger partial charge in [0.1, 0.15) is 10.4 Å². The third kappa shape index (κ3) is 3.04. The summed E-state index contributed by atoms with van der Waals surface area (Å²) in [5.41, 5.74) is 0.542. The summed E-state index contributed by atoms with van der Waals surface area (Å²) in [4.78, 5) is 19.4. The Bertz CT molecular complexity index is 1050. The standard InChI is InChI=1S/C15H10IN3O4S/c16-10-4-1-3-9(15(20)21)13(10)19-24(22,23)12-6-2-5-11-14(12)18-8-7-17-11/h1-8,19H,(H,20,21). The SMILES string of the molecule is O=C(O)c1cccc(I)c1NS(=O)(=O)c1cccc2nccnc12. The van der Waals surface area contributed by atoms with Gasteiger partial charge < -0.3 is 5.11 Å². The summed E-state index contributed by atoms with van der Waals surface area (Å²) in [5, 5.41) is 9.27. The van der Waals surface area contributed by atoms with Crippen molar-refractivity contribution in [3.05, 3.63) is 57.9 Å². The summed E-state index contributed by atoms with van der Waals surface area (Å²) in [6, 6.07) is 9.11. The Morgan fingerprint density at radius 1 is 1.08 bits per heavy atom. The number of aromatic nitrogens is 2. The van der Waals surface area contributed by atoms with E-state index in [4.69, 9.17) is 0 Å².